The maximum Gasteiger partial charge on any atom is 0.296 e. The zero-order valence-electron chi connectivity index (χ0n) is 7.14. The topological polar surface area (TPSA) is 43.1 Å². The maximum atomic E-state index is 11.2. The van der Waals surface area contributed by atoms with Crippen molar-refractivity contribution in [3.05, 3.63) is 10.4 Å². The van der Waals surface area contributed by atoms with Crippen molar-refractivity contribution < 1.29 is 14.5 Å². The van der Waals surface area contributed by atoms with Gasteiger partial charge >= 0.3 is 0 Å². The molecule has 0 unspecified atom stereocenters. The number of hydrogen-bond donors (Lipinski definition) is 0. The molecule has 0 atom stereocenters. The van der Waals surface area contributed by atoms with Crippen LogP contribution in [0.2, 0.25) is 0 Å². The summed E-state index contributed by atoms with van der Waals surface area (Å²) in [5.74, 6) is -0.939. The van der Waals surface area contributed by atoms with E-state index in [1.807, 2.05) is 0 Å². The van der Waals surface area contributed by atoms with Crippen molar-refractivity contribution in [1.82, 2.24) is 0 Å². The van der Waals surface area contributed by atoms with Crippen molar-refractivity contribution in [2.24, 2.45) is 0 Å². The smallest absolute Gasteiger partial charge is 0.296 e. The maximum absolute atomic E-state index is 11.2. The summed E-state index contributed by atoms with van der Waals surface area (Å²) in [5, 5.41) is 11.2. The molecule has 1 aliphatic rings. The largest absolute Gasteiger partial charge is 0.865 e. The van der Waals surface area contributed by atoms with Crippen LogP contribution in [0.15, 0.2) is 10.4 Å². The SMILES string of the molecule is CCCC[N+]1=C(Br)C(=O)C([O-])=C1Br. The Hall–Kier alpha value is -0.160. The minimum absolute atomic E-state index is 0.345. The molecule has 3 nitrogen and oxygen atoms in total. The van der Waals surface area contributed by atoms with Crippen molar-refractivity contribution in [3.63, 3.8) is 0 Å². The van der Waals surface area contributed by atoms with Crippen molar-refractivity contribution in [1.29, 1.82) is 0 Å². The lowest BCUT2D eigenvalue weighted by atomic mass is 10.3. The minimum Gasteiger partial charge on any atom is -0.865 e. The van der Waals surface area contributed by atoms with E-state index in [1.165, 1.54) is 0 Å². The van der Waals surface area contributed by atoms with Crippen molar-refractivity contribution in [3.8, 4) is 0 Å². The summed E-state index contributed by atoms with van der Waals surface area (Å²) >= 11 is 6.20. The molecule has 0 aliphatic carbocycles. The van der Waals surface area contributed by atoms with Gasteiger partial charge in [-0.25, -0.2) is 0 Å². The first-order chi connectivity index (χ1) is 6.09. The molecular weight excluding hydrogens is 302 g/mol. The predicted octanol–water partition coefficient (Wildman–Crippen LogP) is 1.10. The lowest BCUT2D eigenvalue weighted by Crippen LogP contribution is -2.17. The zero-order valence-corrected chi connectivity index (χ0v) is 10.3. The van der Waals surface area contributed by atoms with Gasteiger partial charge in [0, 0.05) is 44.0 Å². The summed E-state index contributed by atoms with van der Waals surface area (Å²) in [6, 6.07) is 0. The lowest BCUT2D eigenvalue weighted by molar-refractivity contribution is -0.464. The number of carbonyl (C=O) groups excluding carboxylic acids is 1. The molecule has 1 rings (SSSR count). The molecule has 0 fully saturated rings. The average Bonchev–Trinajstić information content (AvgIpc) is 2.30. The summed E-state index contributed by atoms with van der Waals surface area (Å²) in [5.41, 5.74) is 0. The fourth-order valence-corrected chi connectivity index (χ4v) is 2.34. The molecule has 0 saturated heterocycles. The number of Topliss-reactive ketones (excluding diaryl/α,β-unsaturated/α-hetero) is 1. The molecule has 0 aromatic heterocycles. The number of unbranched alkanes of at least 4 members (excludes halogenated alkanes) is 1. The molecule has 0 aromatic rings. The third-order valence-electron chi connectivity index (χ3n) is 1.79. The summed E-state index contributed by atoms with van der Waals surface area (Å²) in [4.78, 5) is 11.2. The third kappa shape index (κ3) is 2.02. The fraction of sp³-hybridized carbons (Fsp3) is 0.500. The normalized spacial score (nSPS) is 17.6. The van der Waals surface area contributed by atoms with Crippen LogP contribution in [0.25, 0.3) is 0 Å². The quantitative estimate of drug-likeness (QED) is 0.579. The third-order valence-corrected chi connectivity index (χ3v) is 3.37. The van der Waals surface area contributed by atoms with Gasteiger partial charge in [0.1, 0.15) is 0 Å². The Morgan fingerprint density at radius 1 is 1.46 bits per heavy atom. The fourth-order valence-electron chi connectivity index (χ4n) is 1.03. The van der Waals surface area contributed by atoms with Crippen LogP contribution in [0.4, 0.5) is 0 Å². The van der Waals surface area contributed by atoms with Gasteiger partial charge in [0.2, 0.25) is 4.61 Å². The van der Waals surface area contributed by atoms with Crippen molar-refractivity contribution in [2.75, 3.05) is 6.54 Å². The number of hydrogen-bond acceptors (Lipinski definition) is 2. The highest BCUT2D eigenvalue weighted by Gasteiger charge is 2.32. The van der Waals surface area contributed by atoms with E-state index in [1.54, 1.807) is 4.58 Å². The Labute approximate surface area is 93.4 Å². The van der Waals surface area contributed by atoms with E-state index in [2.05, 4.69) is 38.8 Å². The average molecular weight is 311 g/mol. The number of nitrogens with zero attached hydrogens (tertiary/aromatic N) is 1. The van der Waals surface area contributed by atoms with Gasteiger partial charge in [-0.3, -0.25) is 4.79 Å². The Bertz CT molecular complexity index is 307. The molecular formula is C8H9Br2NO2. The van der Waals surface area contributed by atoms with Gasteiger partial charge in [-0.1, -0.05) is 13.3 Å². The summed E-state index contributed by atoms with van der Waals surface area (Å²) in [7, 11) is 0. The van der Waals surface area contributed by atoms with Gasteiger partial charge in [-0.05, 0) is 0 Å². The van der Waals surface area contributed by atoms with Gasteiger partial charge in [-0.2, -0.15) is 4.58 Å². The van der Waals surface area contributed by atoms with Crippen LogP contribution in [-0.2, 0) is 4.79 Å². The first-order valence-electron chi connectivity index (χ1n) is 4.01. The zero-order chi connectivity index (χ0) is 10.0. The molecule has 0 saturated carbocycles. The molecule has 5 heteroatoms. The molecule has 0 amide bonds. The van der Waals surface area contributed by atoms with Crippen LogP contribution < -0.4 is 5.11 Å². The molecule has 0 radical (unpaired) electrons. The molecule has 13 heavy (non-hydrogen) atoms. The van der Waals surface area contributed by atoms with Gasteiger partial charge in [0.05, 0.1) is 0 Å². The number of rotatable bonds is 3. The van der Waals surface area contributed by atoms with Crippen LogP contribution in [0.3, 0.4) is 0 Å². The molecule has 1 heterocycles. The van der Waals surface area contributed by atoms with Crippen LogP contribution in [0, 0.1) is 0 Å². The molecule has 1 aliphatic heterocycles. The van der Waals surface area contributed by atoms with Crippen molar-refractivity contribution >= 4 is 42.3 Å². The highest BCUT2D eigenvalue weighted by atomic mass is 79.9. The van der Waals surface area contributed by atoms with Gasteiger partial charge in [-0.15, -0.1) is 0 Å². The minimum atomic E-state index is -0.469. The van der Waals surface area contributed by atoms with Gasteiger partial charge in [0.25, 0.3) is 10.4 Å². The number of halogens is 2. The lowest BCUT2D eigenvalue weighted by Gasteiger charge is -1.99. The molecule has 0 spiro atoms. The summed E-state index contributed by atoms with van der Waals surface area (Å²) in [6.45, 7) is 2.75. The monoisotopic (exact) mass is 309 g/mol. The first-order valence-corrected chi connectivity index (χ1v) is 5.59. The van der Waals surface area contributed by atoms with Gasteiger partial charge < -0.3 is 5.11 Å². The van der Waals surface area contributed by atoms with E-state index in [0.29, 0.717) is 15.8 Å². The highest BCUT2D eigenvalue weighted by molar-refractivity contribution is 9.19. The second-order valence-electron chi connectivity index (χ2n) is 2.75. The van der Waals surface area contributed by atoms with E-state index in [0.717, 1.165) is 12.8 Å². The molecule has 0 N–H and O–H groups in total. The second-order valence-corrected chi connectivity index (χ2v) is 4.25. The molecule has 0 bridgehead atoms. The van der Waals surface area contributed by atoms with Crippen molar-refractivity contribution in [2.45, 2.75) is 19.8 Å². The highest BCUT2D eigenvalue weighted by Crippen LogP contribution is 2.21. The van der Waals surface area contributed by atoms with Crippen LogP contribution >= 0.6 is 31.9 Å². The summed E-state index contributed by atoms with van der Waals surface area (Å²) in [6.07, 6.45) is 1.98. The first kappa shape index (κ1) is 10.9. The Kier molecular flexibility index (Phi) is 3.67. The van der Waals surface area contributed by atoms with E-state index in [-0.39, 0.29) is 0 Å². The molecule has 72 valence electrons. The standard InChI is InChI=1S/C8H9Br2NO2/c1-2-3-4-11-7(9)5(12)6(13)8(11)10/h2-4H2,1H3. The predicted molar refractivity (Wildman–Crippen MR) is 54.9 cm³/mol. The van der Waals surface area contributed by atoms with E-state index in [4.69, 9.17) is 0 Å². The van der Waals surface area contributed by atoms with E-state index in [9.17, 15) is 9.90 Å². The number of ketones is 1. The molecule has 0 aromatic carbocycles. The van der Waals surface area contributed by atoms with Crippen LogP contribution in [0.1, 0.15) is 19.8 Å². The summed E-state index contributed by atoms with van der Waals surface area (Å²) < 4.78 is 2.35. The van der Waals surface area contributed by atoms with E-state index < -0.39 is 11.5 Å². The van der Waals surface area contributed by atoms with Gasteiger partial charge in [0.15, 0.2) is 6.54 Å². The van der Waals surface area contributed by atoms with Crippen LogP contribution in [-0.4, -0.2) is 21.5 Å². The van der Waals surface area contributed by atoms with E-state index >= 15 is 0 Å². The Balaban J connectivity index is 2.88. The number of allylic oxidation sites excluding steroid dienone is 1. The Morgan fingerprint density at radius 3 is 2.46 bits per heavy atom. The Morgan fingerprint density at radius 2 is 2.08 bits per heavy atom. The van der Waals surface area contributed by atoms with Crippen LogP contribution in [0.5, 0.6) is 0 Å². The number of carbonyl (C=O) groups is 1. The second kappa shape index (κ2) is 4.37.